The summed E-state index contributed by atoms with van der Waals surface area (Å²) in [4.78, 5) is 0.130. The van der Waals surface area contributed by atoms with Crippen LogP contribution >= 0.6 is 11.6 Å². The number of nitrogen functional groups attached to an aromatic ring is 1. The van der Waals surface area contributed by atoms with Crippen molar-refractivity contribution in [2.45, 2.75) is 51.5 Å². The molecule has 0 radical (unpaired) electrons. The number of hydrogen-bond acceptors (Lipinski definition) is 3. The molecule has 120 valence electrons. The smallest absolute Gasteiger partial charge is 0.244 e. The lowest BCUT2D eigenvalue weighted by atomic mass is 10.1. The zero-order valence-electron chi connectivity index (χ0n) is 13.1. The van der Waals surface area contributed by atoms with Crippen LogP contribution in [-0.2, 0) is 10.0 Å². The minimum absolute atomic E-state index is 0.0222. The highest BCUT2D eigenvalue weighted by molar-refractivity contribution is 7.89. The van der Waals surface area contributed by atoms with Crippen LogP contribution in [0.5, 0.6) is 0 Å². The summed E-state index contributed by atoms with van der Waals surface area (Å²) in [7, 11) is -3.62. The Morgan fingerprint density at radius 3 is 2.24 bits per heavy atom. The third-order valence-corrected chi connectivity index (χ3v) is 5.84. The van der Waals surface area contributed by atoms with E-state index in [9.17, 15) is 8.42 Å². The van der Waals surface area contributed by atoms with Crippen LogP contribution < -0.4 is 5.73 Å². The van der Waals surface area contributed by atoms with Gasteiger partial charge in [-0.05, 0) is 37.0 Å². The third kappa shape index (κ3) is 4.34. The molecule has 0 aliphatic heterocycles. The fourth-order valence-electron chi connectivity index (χ4n) is 2.35. The van der Waals surface area contributed by atoms with Gasteiger partial charge in [-0.15, -0.1) is 0 Å². The summed E-state index contributed by atoms with van der Waals surface area (Å²) in [5.41, 5.74) is 6.10. The topological polar surface area (TPSA) is 63.4 Å². The summed E-state index contributed by atoms with van der Waals surface area (Å²) in [6, 6.07) is 4.52. The Kier molecular flexibility index (Phi) is 6.50. The third-order valence-electron chi connectivity index (χ3n) is 3.44. The lowest BCUT2D eigenvalue weighted by Gasteiger charge is -2.31. The molecule has 0 atom stereocenters. The van der Waals surface area contributed by atoms with Crippen LogP contribution in [-0.4, -0.2) is 25.3 Å². The van der Waals surface area contributed by atoms with Crippen molar-refractivity contribution in [3.63, 3.8) is 0 Å². The molecule has 0 spiro atoms. The van der Waals surface area contributed by atoms with Crippen molar-refractivity contribution in [3.05, 3.63) is 23.2 Å². The van der Waals surface area contributed by atoms with Crippen LogP contribution in [0.3, 0.4) is 0 Å². The molecular formula is C15H25ClN2O2S. The van der Waals surface area contributed by atoms with Gasteiger partial charge in [0.15, 0.2) is 0 Å². The second kappa shape index (κ2) is 7.47. The van der Waals surface area contributed by atoms with E-state index in [0.717, 1.165) is 12.8 Å². The van der Waals surface area contributed by atoms with E-state index in [2.05, 4.69) is 0 Å². The first kappa shape index (κ1) is 18.3. The Morgan fingerprint density at radius 2 is 1.81 bits per heavy atom. The first-order valence-corrected chi connectivity index (χ1v) is 9.12. The first-order chi connectivity index (χ1) is 9.73. The van der Waals surface area contributed by atoms with Gasteiger partial charge in [-0.2, -0.15) is 4.31 Å². The second-order valence-corrected chi connectivity index (χ2v) is 7.89. The SMILES string of the molecule is CCC(CC)N(CC(C)C)S(=O)(=O)c1ccc(N)cc1Cl. The second-order valence-electron chi connectivity index (χ2n) is 5.63. The molecule has 0 fully saturated rings. The van der Waals surface area contributed by atoms with E-state index in [1.54, 1.807) is 10.4 Å². The molecule has 1 rings (SSSR count). The van der Waals surface area contributed by atoms with Gasteiger partial charge in [0.1, 0.15) is 4.90 Å². The van der Waals surface area contributed by atoms with Gasteiger partial charge < -0.3 is 5.73 Å². The van der Waals surface area contributed by atoms with Crippen molar-refractivity contribution < 1.29 is 8.42 Å². The van der Waals surface area contributed by atoms with Gasteiger partial charge in [-0.3, -0.25) is 0 Å². The molecule has 6 heteroatoms. The molecule has 0 unspecified atom stereocenters. The molecule has 2 N–H and O–H groups in total. The Hall–Kier alpha value is -0.780. The molecule has 1 aromatic rings. The summed E-state index contributed by atoms with van der Waals surface area (Å²) >= 11 is 6.10. The lowest BCUT2D eigenvalue weighted by Crippen LogP contribution is -2.42. The van der Waals surface area contributed by atoms with Crippen LogP contribution in [0.15, 0.2) is 23.1 Å². The van der Waals surface area contributed by atoms with Crippen LogP contribution in [0.4, 0.5) is 5.69 Å². The Labute approximate surface area is 133 Å². The zero-order valence-corrected chi connectivity index (χ0v) is 14.7. The van der Waals surface area contributed by atoms with E-state index in [1.807, 2.05) is 27.7 Å². The van der Waals surface area contributed by atoms with Crippen molar-refractivity contribution in [3.8, 4) is 0 Å². The standard InChI is InChI=1S/C15H25ClN2O2S/c1-5-13(6-2)18(10-11(3)4)21(19,20)15-8-7-12(17)9-14(15)16/h7-9,11,13H,5-6,10,17H2,1-4H3. The van der Waals surface area contributed by atoms with Gasteiger partial charge in [-0.25, -0.2) is 8.42 Å². The van der Waals surface area contributed by atoms with Gasteiger partial charge >= 0.3 is 0 Å². The monoisotopic (exact) mass is 332 g/mol. The van der Waals surface area contributed by atoms with Crippen LogP contribution in [0.1, 0.15) is 40.5 Å². The lowest BCUT2D eigenvalue weighted by molar-refractivity contribution is 0.277. The minimum atomic E-state index is -3.62. The van der Waals surface area contributed by atoms with Crippen LogP contribution in [0.25, 0.3) is 0 Å². The molecule has 0 aliphatic rings. The molecule has 21 heavy (non-hydrogen) atoms. The van der Waals surface area contributed by atoms with E-state index in [4.69, 9.17) is 17.3 Å². The molecule has 0 bridgehead atoms. The maximum atomic E-state index is 13.0. The van der Waals surface area contributed by atoms with E-state index in [0.29, 0.717) is 12.2 Å². The summed E-state index contributed by atoms with van der Waals surface area (Å²) < 4.78 is 27.5. The molecule has 0 amide bonds. The van der Waals surface area contributed by atoms with Gasteiger partial charge in [0, 0.05) is 18.3 Å². The van der Waals surface area contributed by atoms with E-state index in [1.165, 1.54) is 12.1 Å². The maximum absolute atomic E-state index is 13.0. The average molecular weight is 333 g/mol. The number of nitrogens with zero attached hydrogens (tertiary/aromatic N) is 1. The highest BCUT2D eigenvalue weighted by atomic mass is 35.5. The zero-order chi connectivity index (χ0) is 16.2. The quantitative estimate of drug-likeness (QED) is 0.773. The van der Waals surface area contributed by atoms with Crippen molar-refractivity contribution in [2.24, 2.45) is 5.92 Å². The molecule has 0 saturated heterocycles. The Balaban J connectivity index is 3.32. The molecule has 0 aliphatic carbocycles. The van der Waals surface area contributed by atoms with Gasteiger partial charge in [0.25, 0.3) is 0 Å². The highest BCUT2D eigenvalue weighted by Gasteiger charge is 2.31. The normalized spacial score (nSPS) is 12.6. The summed E-state index contributed by atoms with van der Waals surface area (Å²) in [6.07, 6.45) is 1.55. The van der Waals surface area contributed by atoms with Crippen LogP contribution in [0, 0.1) is 5.92 Å². The average Bonchev–Trinajstić information content (AvgIpc) is 2.38. The molecule has 0 saturated carbocycles. The maximum Gasteiger partial charge on any atom is 0.244 e. The fourth-order valence-corrected chi connectivity index (χ4v) is 4.82. The molecular weight excluding hydrogens is 308 g/mol. The van der Waals surface area contributed by atoms with Crippen LogP contribution in [0.2, 0.25) is 5.02 Å². The van der Waals surface area contributed by atoms with Crippen molar-refractivity contribution in [1.29, 1.82) is 0 Å². The molecule has 0 aromatic heterocycles. The van der Waals surface area contributed by atoms with Gasteiger partial charge in [0.2, 0.25) is 10.0 Å². The number of anilines is 1. The van der Waals surface area contributed by atoms with Gasteiger partial charge in [-0.1, -0.05) is 39.3 Å². The van der Waals surface area contributed by atoms with Crippen molar-refractivity contribution >= 4 is 27.3 Å². The molecule has 1 aromatic carbocycles. The minimum Gasteiger partial charge on any atom is -0.399 e. The predicted molar refractivity (Wildman–Crippen MR) is 89.0 cm³/mol. The molecule has 4 nitrogen and oxygen atoms in total. The number of hydrogen-bond donors (Lipinski definition) is 1. The highest BCUT2D eigenvalue weighted by Crippen LogP contribution is 2.29. The van der Waals surface area contributed by atoms with E-state index >= 15 is 0 Å². The number of rotatable bonds is 7. The first-order valence-electron chi connectivity index (χ1n) is 7.30. The number of sulfonamides is 1. The van der Waals surface area contributed by atoms with Crippen molar-refractivity contribution in [1.82, 2.24) is 4.31 Å². The van der Waals surface area contributed by atoms with E-state index < -0.39 is 10.0 Å². The fraction of sp³-hybridized carbons (Fsp3) is 0.600. The van der Waals surface area contributed by atoms with Gasteiger partial charge in [0.05, 0.1) is 5.02 Å². The summed E-state index contributed by atoms with van der Waals surface area (Å²) in [5, 5.41) is 0.176. The molecule has 0 heterocycles. The summed E-state index contributed by atoms with van der Waals surface area (Å²) in [5.74, 6) is 0.243. The van der Waals surface area contributed by atoms with Crippen molar-refractivity contribution in [2.75, 3.05) is 12.3 Å². The number of nitrogens with two attached hydrogens (primary N) is 1. The number of benzene rings is 1. The largest absolute Gasteiger partial charge is 0.399 e. The Bertz CT molecular complexity index is 569. The Morgan fingerprint density at radius 1 is 1.24 bits per heavy atom. The number of halogens is 1. The van der Waals surface area contributed by atoms with E-state index in [-0.39, 0.29) is 21.9 Å². The summed E-state index contributed by atoms with van der Waals surface area (Å²) in [6.45, 7) is 8.50. The predicted octanol–water partition coefficient (Wildman–Crippen LogP) is 3.76.